The Kier molecular flexibility index (Phi) is 4.15. The molecule has 6 heteroatoms. The first-order chi connectivity index (χ1) is 12.7. The van der Waals surface area contributed by atoms with Crippen LogP contribution in [0.25, 0.3) is 21.9 Å². The highest BCUT2D eigenvalue weighted by Gasteiger charge is 2.08. The molecule has 0 saturated heterocycles. The van der Waals surface area contributed by atoms with E-state index < -0.39 is 11.3 Å². The summed E-state index contributed by atoms with van der Waals surface area (Å²) in [7, 11) is 0. The Morgan fingerprint density at radius 2 is 1.08 bits per heavy atom. The lowest BCUT2D eigenvalue weighted by Crippen LogP contribution is -2.11. The monoisotopic (exact) mass is 350 g/mol. The van der Waals surface area contributed by atoms with Gasteiger partial charge < -0.3 is 18.3 Å². The van der Waals surface area contributed by atoms with Gasteiger partial charge >= 0.3 is 11.3 Å². The molecule has 0 bridgehead atoms. The highest BCUT2D eigenvalue weighted by Crippen LogP contribution is 2.24. The van der Waals surface area contributed by atoms with Gasteiger partial charge in [-0.2, -0.15) is 0 Å². The van der Waals surface area contributed by atoms with Crippen LogP contribution in [-0.4, -0.2) is 13.2 Å². The van der Waals surface area contributed by atoms with E-state index in [-0.39, 0.29) is 13.2 Å². The normalized spacial score (nSPS) is 10.9. The molecular formula is C20H14O6. The molecule has 0 saturated carbocycles. The average Bonchev–Trinajstić information content (AvgIpc) is 2.64. The van der Waals surface area contributed by atoms with E-state index in [1.807, 2.05) is 24.3 Å². The van der Waals surface area contributed by atoms with E-state index in [1.54, 1.807) is 24.3 Å². The number of ether oxygens (including phenoxy) is 2. The molecule has 26 heavy (non-hydrogen) atoms. The summed E-state index contributed by atoms with van der Waals surface area (Å²) in [5.41, 5.74) is -0.0391. The fourth-order valence-corrected chi connectivity index (χ4v) is 2.71. The maximum Gasteiger partial charge on any atom is 0.339 e. The lowest BCUT2D eigenvalue weighted by molar-refractivity contribution is 0.219. The molecule has 2 heterocycles. The number of benzene rings is 2. The third kappa shape index (κ3) is 3.17. The van der Waals surface area contributed by atoms with Crippen molar-refractivity contribution >= 4 is 21.9 Å². The molecule has 0 aliphatic rings. The zero-order valence-corrected chi connectivity index (χ0v) is 13.6. The number of hydrogen-bond acceptors (Lipinski definition) is 6. The number of para-hydroxylation sites is 2. The molecule has 6 nitrogen and oxygen atoms in total. The van der Waals surface area contributed by atoms with Crippen LogP contribution in [0.5, 0.6) is 11.5 Å². The van der Waals surface area contributed by atoms with Crippen LogP contribution in [0.2, 0.25) is 0 Å². The van der Waals surface area contributed by atoms with Gasteiger partial charge in [-0.05, 0) is 24.3 Å². The summed E-state index contributed by atoms with van der Waals surface area (Å²) in [6.45, 7) is 0.393. The maximum absolute atomic E-state index is 11.6. The van der Waals surface area contributed by atoms with Crippen molar-refractivity contribution in [2.45, 2.75) is 0 Å². The van der Waals surface area contributed by atoms with Crippen LogP contribution in [0.1, 0.15) is 0 Å². The van der Waals surface area contributed by atoms with Crippen molar-refractivity contribution in [1.29, 1.82) is 0 Å². The Bertz CT molecular complexity index is 1090. The van der Waals surface area contributed by atoms with E-state index in [4.69, 9.17) is 18.3 Å². The van der Waals surface area contributed by atoms with Gasteiger partial charge in [0.25, 0.3) is 0 Å². The van der Waals surface area contributed by atoms with Crippen molar-refractivity contribution in [1.82, 2.24) is 0 Å². The molecule has 0 amide bonds. The Balaban J connectivity index is 1.50. The van der Waals surface area contributed by atoms with Crippen LogP contribution in [0, 0.1) is 0 Å². The Morgan fingerprint density at radius 3 is 1.54 bits per heavy atom. The zero-order chi connectivity index (χ0) is 17.9. The van der Waals surface area contributed by atoms with E-state index in [2.05, 4.69) is 0 Å². The van der Waals surface area contributed by atoms with Gasteiger partial charge in [-0.15, -0.1) is 0 Å². The van der Waals surface area contributed by atoms with Gasteiger partial charge in [0, 0.05) is 0 Å². The van der Waals surface area contributed by atoms with Crippen molar-refractivity contribution in [3.05, 3.63) is 81.5 Å². The topological polar surface area (TPSA) is 78.9 Å². The molecule has 2 aromatic heterocycles. The second-order valence-corrected chi connectivity index (χ2v) is 5.55. The zero-order valence-electron chi connectivity index (χ0n) is 13.6. The summed E-state index contributed by atoms with van der Waals surface area (Å²) in [6, 6.07) is 16.9. The molecule has 4 aromatic rings. The third-order valence-electron chi connectivity index (χ3n) is 3.82. The lowest BCUT2D eigenvalue weighted by Gasteiger charge is -2.10. The highest BCUT2D eigenvalue weighted by atomic mass is 16.5. The Labute approximate surface area is 147 Å². The summed E-state index contributed by atoms with van der Waals surface area (Å²) in [5, 5.41) is 1.41. The van der Waals surface area contributed by atoms with E-state index in [0.29, 0.717) is 33.4 Å². The lowest BCUT2D eigenvalue weighted by atomic mass is 10.2. The predicted octanol–water partition coefficient (Wildman–Crippen LogP) is 3.36. The summed E-state index contributed by atoms with van der Waals surface area (Å²) in [6.07, 6.45) is 0. The largest absolute Gasteiger partial charge is 0.489 e. The molecule has 0 atom stereocenters. The quantitative estimate of drug-likeness (QED) is 0.406. The van der Waals surface area contributed by atoms with Gasteiger partial charge in [-0.25, -0.2) is 9.59 Å². The predicted molar refractivity (Wildman–Crippen MR) is 96.0 cm³/mol. The minimum Gasteiger partial charge on any atom is -0.489 e. The van der Waals surface area contributed by atoms with Crippen LogP contribution in [0.3, 0.4) is 0 Å². The highest BCUT2D eigenvalue weighted by molar-refractivity contribution is 5.83. The van der Waals surface area contributed by atoms with E-state index in [9.17, 15) is 9.59 Å². The molecule has 0 unspecified atom stereocenters. The third-order valence-corrected chi connectivity index (χ3v) is 3.82. The van der Waals surface area contributed by atoms with Gasteiger partial charge in [0.1, 0.15) is 35.9 Å². The Morgan fingerprint density at radius 1 is 0.654 bits per heavy atom. The van der Waals surface area contributed by atoms with Crippen molar-refractivity contribution in [2.24, 2.45) is 0 Å². The fourth-order valence-electron chi connectivity index (χ4n) is 2.71. The van der Waals surface area contributed by atoms with Gasteiger partial charge in [-0.3, -0.25) is 0 Å². The average molecular weight is 350 g/mol. The molecular weight excluding hydrogens is 336 g/mol. The number of hydrogen-bond donors (Lipinski definition) is 0. The van der Waals surface area contributed by atoms with Crippen molar-refractivity contribution in [3.8, 4) is 11.5 Å². The van der Waals surface area contributed by atoms with Crippen molar-refractivity contribution in [2.75, 3.05) is 13.2 Å². The molecule has 130 valence electrons. The first-order valence-electron chi connectivity index (χ1n) is 8.02. The molecule has 0 aliphatic heterocycles. The van der Waals surface area contributed by atoms with Crippen molar-refractivity contribution < 1.29 is 18.3 Å². The first kappa shape index (κ1) is 16.0. The fraction of sp³-hybridized carbons (Fsp3) is 0.100. The smallest absolute Gasteiger partial charge is 0.339 e. The van der Waals surface area contributed by atoms with Crippen LogP contribution >= 0.6 is 0 Å². The summed E-state index contributed by atoms with van der Waals surface area (Å²) < 4.78 is 21.6. The van der Waals surface area contributed by atoms with E-state index in [1.165, 1.54) is 12.1 Å². The van der Waals surface area contributed by atoms with Crippen LogP contribution < -0.4 is 20.7 Å². The van der Waals surface area contributed by atoms with Crippen molar-refractivity contribution in [3.63, 3.8) is 0 Å². The maximum atomic E-state index is 11.6. The van der Waals surface area contributed by atoms with E-state index in [0.717, 1.165) is 0 Å². The minimum atomic E-state index is -0.480. The summed E-state index contributed by atoms with van der Waals surface area (Å²) in [4.78, 5) is 23.2. The Hall–Kier alpha value is -3.54. The molecule has 0 N–H and O–H groups in total. The number of fused-ring (bicyclic) bond motifs is 2. The molecule has 0 radical (unpaired) electrons. The van der Waals surface area contributed by atoms with Gasteiger partial charge in [-0.1, -0.05) is 24.3 Å². The minimum absolute atomic E-state index is 0.196. The van der Waals surface area contributed by atoms with Gasteiger partial charge in [0.2, 0.25) is 0 Å². The van der Waals surface area contributed by atoms with Gasteiger partial charge in [0.15, 0.2) is 0 Å². The summed E-state index contributed by atoms with van der Waals surface area (Å²) in [5.74, 6) is 0.857. The van der Waals surface area contributed by atoms with Crippen LogP contribution in [-0.2, 0) is 0 Å². The standard InChI is InChI=1S/C20H14O6/c21-19-11-17(13-5-1-3-7-15(13)25-19)23-9-10-24-18-12-20(22)26-16-8-4-2-6-14(16)18/h1-8,11-12H,9-10H2. The van der Waals surface area contributed by atoms with E-state index >= 15 is 0 Å². The molecule has 0 aliphatic carbocycles. The first-order valence-corrected chi connectivity index (χ1v) is 8.02. The molecule has 0 fully saturated rings. The SMILES string of the molecule is O=c1cc(OCCOc2cc(=O)oc3ccccc23)c2ccccc2o1. The second kappa shape index (κ2) is 6.76. The number of rotatable bonds is 5. The second-order valence-electron chi connectivity index (χ2n) is 5.55. The summed E-state index contributed by atoms with van der Waals surface area (Å²) >= 11 is 0. The van der Waals surface area contributed by atoms with Gasteiger partial charge in [0.05, 0.1) is 22.9 Å². The molecule has 0 spiro atoms. The van der Waals surface area contributed by atoms with Crippen LogP contribution in [0.4, 0.5) is 0 Å². The molecule has 4 rings (SSSR count). The molecule has 2 aromatic carbocycles. The van der Waals surface area contributed by atoms with Crippen LogP contribution in [0.15, 0.2) is 79.1 Å².